The number of aliphatic hydroxyl groups excluding tert-OH is 1. The minimum atomic E-state index is 0.0295. The molecular weight excluding hydrogens is 368 g/mol. The van der Waals surface area contributed by atoms with E-state index in [1.165, 1.54) is 27.8 Å². The van der Waals surface area contributed by atoms with Gasteiger partial charge < -0.3 is 10.2 Å². The summed E-state index contributed by atoms with van der Waals surface area (Å²) in [6, 6.07) is 12.1. The number of allylic oxidation sites excluding steroid dienone is 6. The van der Waals surface area contributed by atoms with E-state index in [0.29, 0.717) is 17.2 Å². The number of aromatic hydroxyl groups is 1. The predicted octanol–water partition coefficient (Wildman–Crippen LogP) is 7.25. The second-order valence-electron chi connectivity index (χ2n) is 8.00. The molecule has 0 radical (unpaired) electrons. The Labute approximate surface area is 179 Å². The molecule has 0 aromatic heterocycles. The maximum absolute atomic E-state index is 9.88. The summed E-state index contributed by atoms with van der Waals surface area (Å²) in [7, 11) is 0. The minimum absolute atomic E-state index is 0.0295. The lowest BCUT2D eigenvalue weighted by Crippen LogP contribution is -2.07. The molecule has 1 aliphatic carbocycles. The fourth-order valence-corrected chi connectivity index (χ4v) is 4.04. The molecule has 0 fully saturated rings. The van der Waals surface area contributed by atoms with Gasteiger partial charge in [0.15, 0.2) is 0 Å². The first-order chi connectivity index (χ1) is 14.3. The molecular formula is C28H30O2. The van der Waals surface area contributed by atoms with E-state index in [4.69, 9.17) is 0 Å². The molecule has 30 heavy (non-hydrogen) atoms. The zero-order valence-electron chi connectivity index (χ0n) is 18.1. The normalized spacial score (nSPS) is 19.0. The van der Waals surface area contributed by atoms with Gasteiger partial charge in [-0.15, -0.1) is 0 Å². The Morgan fingerprint density at radius 1 is 1.07 bits per heavy atom. The van der Waals surface area contributed by atoms with Crippen molar-refractivity contribution in [3.63, 3.8) is 0 Å². The topological polar surface area (TPSA) is 40.5 Å². The van der Waals surface area contributed by atoms with E-state index in [2.05, 4.69) is 51.3 Å². The van der Waals surface area contributed by atoms with Crippen molar-refractivity contribution in [2.75, 3.05) is 0 Å². The first kappa shape index (κ1) is 21.4. The van der Waals surface area contributed by atoms with Crippen LogP contribution in [0, 0.1) is 13.8 Å². The molecule has 0 amide bonds. The van der Waals surface area contributed by atoms with Crippen LogP contribution in [-0.4, -0.2) is 10.2 Å². The van der Waals surface area contributed by atoms with Crippen molar-refractivity contribution in [3.05, 3.63) is 119 Å². The molecule has 2 aromatic carbocycles. The Bertz CT molecular complexity index is 1060. The van der Waals surface area contributed by atoms with Gasteiger partial charge >= 0.3 is 0 Å². The number of rotatable bonds is 4. The van der Waals surface area contributed by atoms with Crippen LogP contribution in [0.4, 0.5) is 0 Å². The highest BCUT2D eigenvalue weighted by molar-refractivity contribution is 5.80. The van der Waals surface area contributed by atoms with Crippen molar-refractivity contribution in [2.45, 2.75) is 39.5 Å². The van der Waals surface area contributed by atoms with Crippen LogP contribution in [0.25, 0.3) is 5.57 Å². The third-order valence-electron chi connectivity index (χ3n) is 5.85. The standard InChI is InChI=1S/C28H30O2/c1-6-27(21(5)29)20(4)15-24-9-7-8-23(22-10-12-26(30)13-11-22)17-25-14-18(2)19(3)16-28(24)25/h6-7,9-16,23,29-30H,4-5,8,17H2,1-3H3/b9-7+,24-15+,27-6+. The van der Waals surface area contributed by atoms with Crippen molar-refractivity contribution >= 4 is 5.57 Å². The molecule has 0 saturated carbocycles. The molecule has 1 unspecified atom stereocenters. The summed E-state index contributed by atoms with van der Waals surface area (Å²) in [5, 5.41) is 19.5. The van der Waals surface area contributed by atoms with Crippen LogP contribution in [0.1, 0.15) is 47.1 Å². The molecule has 2 heteroatoms. The largest absolute Gasteiger partial charge is 0.508 e. The Morgan fingerprint density at radius 3 is 2.37 bits per heavy atom. The minimum Gasteiger partial charge on any atom is -0.508 e. The second kappa shape index (κ2) is 9.04. The SMILES string of the molecule is C=C(O)/C(=C/C)C(=C)/C=C1\C=C\CC(c2ccc(O)cc2)Cc2cc(C)c(C)cc21. The first-order valence-corrected chi connectivity index (χ1v) is 10.3. The number of benzene rings is 2. The zero-order chi connectivity index (χ0) is 21.8. The number of fused-ring (bicyclic) bond motifs is 1. The fraction of sp³-hybridized carbons (Fsp3) is 0.214. The third kappa shape index (κ3) is 4.65. The van der Waals surface area contributed by atoms with Crippen molar-refractivity contribution in [1.29, 1.82) is 0 Å². The van der Waals surface area contributed by atoms with Gasteiger partial charge in [-0.3, -0.25) is 0 Å². The number of hydrogen-bond donors (Lipinski definition) is 2. The Kier molecular flexibility index (Phi) is 6.47. The van der Waals surface area contributed by atoms with Crippen molar-refractivity contribution in [2.24, 2.45) is 0 Å². The van der Waals surface area contributed by atoms with Crippen LogP contribution in [0.15, 0.2) is 90.8 Å². The molecule has 0 aliphatic heterocycles. The molecule has 2 nitrogen and oxygen atoms in total. The molecule has 2 aromatic rings. The van der Waals surface area contributed by atoms with E-state index in [-0.39, 0.29) is 5.76 Å². The fourth-order valence-electron chi connectivity index (χ4n) is 4.04. The lowest BCUT2D eigenvalue weighted by molar-refractivity contribution is 0.428. The number of phenolic OH excluding ortho intramolecular Hbond substituents is 1. The van der Waals surface area contributed by atoms with Crippen LogP contribution in [0.3, 0.4) is 0 Å². The third-order valence-corrected chi connectivity index (χ3v) is 5.85. The van der Waals surface area contributed by atoms with Crippen LogP contribution >= 0.6 is 0 Å². The maximum Gasteiger partial charge on any atom is 0.115 e. The summed E-state index contributed by atoms with van der Waals surface area (Å²) < 4.78 is 0. The summed E-state index contributed by atoms with van der Waals surface area (Å²) in [6.45, 7) is 14.0. The van der Waals surface area contributed by atoms with E-state index in [9.17, 15) is 10.2 Å². The molecule has 0 spiro atoms. The summed E-state index contributed by atoms with van der Waals surface area (Å²) in [5.41, 5.74) is 8.73. The average Bonchev–Trinajstić information content (AvgIpc) is 2.68. The number of hydrogen-bond acceptors (Lipinski definition) is 2. The van der Waals surface area contributed by atoms with Gasteiger partial charge in [-0.05, 0) is 96.7 Å². The Hall–Kier alpha value is -3.26. The van der Waals surface area contributed by atoms with Gasteiger partial charge in [0.05, 0.1) is 0 Å². The molecule has 3 rings (SSSR count). The van der Waals surface area contributed by atoms with Gasteiger partial charge in [0.25, 0.3) is 0 Å². The van der Waals surface area contributed by atoms with Crippen LogP contribution in [0.5, 0.6) is 5.75 Å². The molecule has 0 heterocycles. The summed E-state index contributed by atoms with van der Waals surface area (Å²) >= 11 is 0. The number of phenols is 1. The Morgan fingerprint density at radius 2 is 1.73 bits per heavy atom. The van der Waals surface area contributed by atoms with Crippen LogP contribution < -0.4 is 0 Å². The maximum atomic E-state index is 9.88. The van der Waals surface area contributed by atoms with E-state index >= 15 is 0 Å². The van der Waals surface area contributed by atoms with Crippen LogP contribution in [0.2, 0.25) is 0 Å². The summed E-state index contributed by atoms with van der Waals surface area (Å²) in [6.07, 6.45) is 10.0. The van der Waals surface area contributed by atoms with E-state index in [0.717, 1.165) is 24.0 Å². The number of aliphatic hydroxyl groups is 1. The quantitative estimate of drug-likeness (QED) is 0.420. The molecule has 0 saturated heterocycles. The summed E-state index contributed by atoms with van der Waals surface area (Å²) in [4.78, 5) is 0. The molecule has 0 bridgehead atoms. The predicted molar refractivity (Wildman–Crippen MR) is 127 cm³/mol. The van der Waals surface area contributed by atoms with Crippen LogP contribution in [-0.2, 0) is 6.42 Å². The molecule has 1 atom stereocenters. The average molecular weight is 399 g/mol. The van der Waals surface area contributed by atoms with Crippen molar-refractivity contribution < 1.29 is 10.2 Å². The zero-order valence-corrected chi connectivity index (χ0v) is 18.1. The summed E-state index contributed by atoms with van der Waals surface area (Å²) in [5.74, 6) is 0.665. The van der Waals surface area contributed by atoms with Crippen molar-refractivity contribution in [3.8, 4) is 5.75 Å². The van der Waals surface area contributed by atoms with Gasteiger partial charge in [-0.25, -0.2) is 0 Å². The van der Waals surface area contributed by atoms with Crippen molar-refractivity contribution in [1.82, 2.24) is 0 Å². The van der Waals surface area contributed by atoms with Gasteiger partial charge in [0.1, 0.15) is 11.5 Å². The molecule has 1 aliphatic rings. The highest BCUT2D eigenvalue weighted by atomic mass is 16.3. The smallest absolute Gasteiger partial charge is 0.115 e. The second-order valence-corrected chi connectivity index (χ2v) is 8.00. The van der Waals surface area contributed by atoms with Gasteiger partial charge in [0.2, 0.25) is 0 Å². The Balaban J connectivity index is 2.08. The number of aryl methyl sites for hydroxylation is 2. The highest BCUT2D eigenvalue weighted by Crippen LogP contribution is 2.35. The van der Waals surface area contributed by atoms with E-state index < -0.39 is 0 Å². The first-order valence-electron chi connectivity index (χ1n) is 10.3. The van der Waals surface area contributed by atoms with Gasteiger partial charge in [-0.2, -0.15) is 0 Å². The van der Waals surface area contributed by atoms with Gasteiger partial charge in [0, 0.05) is 5.57 Å². The van der Waals surface area contributed by atoms with E-state index in [1.54, 1.807) is 12.1 Å². The lowest BCUT2D eigenvalue weighted by atomic mass is 9.82. The molecule has 2 N–H and O–H groups in total. The van der Waals surface area contributed by atoms with E-state index in [1.807, 2.05) is 31.2 Å². The lowest BCUT2D eigenvalue weighted by Gasteiger charge is -2.23. The molecule has 154 valence electrons. The van der Waals surface area contributed by atoms with Gasteiger partial charge in [-0.1, -0.05) is 55.7 Å². The monoisotopic (exact) mass is 398 g/mol. The highest BCUT2D eigenvalue weighted by Gasteiger charge is 2.18.